The highest BCUT2D eigenvalue weighted by molar-refractivity contribution is 7.08. The van der Waals surface area contributed by atoms with Crippen molar-refractivity contribution in [2.24, 2.45) is 7.05 Å². The highest BCUT2D eigenvalue weighted by atomic mass is 32.1. The van der Waals surface area contributed by atoms with Crippen LogP contribution in [0.2, 0.25) is 0 Å². The second kappa shape index (κ2) is 4.73. The van der Waals surface area contributed by atoms with Gasteiger partial charge in [-0.15, -0.1) is 5.10 Å². The number of nitrogens with one attached hydrogen (secondary N) is 1. The van der Waals surface area contributed by atoms with Gasteiger partial charge in [-0.2, -0.15) is 5.10 Å². The lowest BCUT2D eigenvalue weighted by Gasteiger charge is -2.23. The molecule has 1 N–H and O–H groups in total. The van der Waals surface area contributed by atoms with Crippen molar-refractivity contribution in [3.63, 3.8) is 0 Å². The van der Waals surface area contributed by atoms with Crippen LogP contribution in [-0.2, 0) is 13.5 Å². The molecule has 7 heteroatoms. The zero-order chi connectivity index (χ0) is 13.4. The average Bonchev–Trinajstić information content (AvgIpc) is 2.97. The van der Waals surface area contributed by atoms with Crippen molar-refractivity contribution >= 4 is 17.4 Å². The summed E-state index contributed by atoms with van der Waals surface area (Å²) in [5.41, 5.74) is 3.04. The summed E-state index contributed by atoms with van der Waals surface area (Å²) in [6, 6.07) is 0.0476. The van der Waals surface area contributed by atoms with Crippen LogP contribution in [0.25, 0.3) is 0 Å². The molecule has 100 valence electrons. The first-order valence-electron chi connectivity index (χ1n) is 6.27. The summed E-state index contributed by atoms with van der Waals surface area (Å²) in [5, 5.41) is 11.2. The minimum absolute atomic E-state index is 0.0476. The van der Waals surface area contributed by atoms with Gasteiger partial charge in [0.1, 0.15) is 4.88 Å². The first-order valence-corrected chi connectivity index (χ1v) is 7.04. The van der Waals surface area contributed by atoms with Crippen LogP contribution in [-0.4, -0.2) is 25.3 Å². The fraction of sp³-hybridized carbons (Fsp3) is 0.500. The van der Waals surface area contributed by atoms with Crippen molar-refractivity contribution in [2.45, 2.75) is 32.2 Å². The Hall–Kier alpha value is -1.76. The van der Waals surface area contributed by atoms with E-state index >= 15 is 0 Å². The summed E-state index contributed by atoms with van der Waals surface area (Å²) >= 11 is 1.14. The fourth-order valence-electron chi connectivity index (χ4n) is 2.52. The third-order valence-corrected chi connectivity index (χ3v) is 4.37. The molecule has 0 saturated heterocycles. The molecule has 0 aliphatic heterocycles. The van der Waals surface area contributed by atoms with Gasteiger partial charge in [0.25, 0.3) is 5.91 Å². The Morgan fingerprint density at radius 1 is 1.58 bits per heavy atom. The molecule has 1 amide bonds. The van der Waals surface area contributed by atoms with E-state index in [1.165, 1.54) is 5.69 Å². The Morgan fingerprint density at radius 2 is 2.42 bits per heavy atom. The normalized spacial score (nSPS) is 18.1. The predicted octanol–water partition coefficient (Wildman–Crippen LogP) is 1.39. The van der Waals surface area contributed by atoms with Crippen LogP contribution in [0.4, 0.5) is 0 Å². The van der Waals surface area contributed by atoms with Gasteiger partial charge in [-0.05, 0) is 37.7 Å². The van der Waals surface area contributed by atoms with Crippen LogP contribution in [0.15, 0.2) is 6.20 Å². The SMILES string of the molecule is Cc1nnsc1C(=O)N[C@@H]1CCCc2c1cnn2C. The molecule has 1 aliphatic rings. The van der Waals surface area contributed by atoms with Gasteiger partial charge >= 0.3 is 0 Å². The molecule has 0 spiro atoms. The van der Waals surface area contributed by atoms with Crippen molar-refractivity contribution in [1.82, 2.24) is 24.7 Å². The molecule has 0 fully saturated rings. The molecule has 0 radical (unpaired) electrons. The second-order valence-electron chi connectivity index (χ2n) is 4.78. The van der Waals surface area contributed by atoms with E-state index < -0.39 is 0 Å². The largest absolute Gasteiger partial charge is 0.344 e. The summed E-state index contributed by atoms with van der Waals surface area (Å²) in [6.07, 6.45) is 4.91. The Morgan fingerprint density at radius 3 is 3.16 bits per heavy atom. The van der Waals surface area contributed by atoms with Gasteiger partial charge in [0.15, 0.2) is 0 Å². The minimum atomic E-state index is -0.0887. The monoisotopic (exact) mass is 277 g/mol. The van der Waals surface area contributed by atoms with Gasteiger partial charge in [-0.1, -0.05) is 4.49 Å². The molecular formula is C12H15N5OS. The fourth-order valence-corrected chi connectivity index (χ4v) is 3.08. The summed E-state index contributed by atoms with van der Waals surface area (Å²) in [7, 11) is 1.94. The maximum Gasteiger partial charge on any atom is 0.265 e. The zero-order valence-electron chi connectivity index (χ0n) is 10.9. The van der Waals surface area contributed by atoms with Gasteiger partial charge < -0.3 is 5.32 Å². The van der Waals surface area contributed by atoms with E-state index in [2.05, 4.69) is 20.0 Å². The Bertz CT molecular complexity index is 617. The van der Waals surface area contributed by atoms with Crippen LogP contribution in [0, 0.1) is 6.92 Å². The van der Waals surface area contributed by atoms with Crippen LogP contribution in [0.3, 0.4) is 0 Å². The highest BCUT2D eigenvalue weighted by Gasteiger charge is 2.26. The van der Waals surface area contributed by atoms with E-state index in [-0.39, 0.29) is 11.9 Å². The van der Waals surface area contributed by atoms with E-state index in [1.807, 2.05) is 17.9 Å². The molecule has 2 aromatic heterocycles. The Balaban J connectivity index is 1.82. The van der Waals surface area contributed by atoms with Crippen LogP contribution >= 0.6 is 11.5 Å². The first-order chi connectivity index (χ1) is 9.16. The number of rotatable bonds is 2. The summed E-state index contributed by atoms with van der Waals surface area (Å²) in [4.78, 5) is 12.8. The molecule has 0 bridgehead atoms. The smallest absolute Gasteiger partial charge is 0.265 e. The van der Waals surface area contributed by atoms with Gasteiger partial charge in [-0.25, -0.2) is 0 Å². The number of hydrogen-bond donors (Lipinski definition) is 1. The average molecular weight is 277 g/mol. The maximum absolute atomic E-state index is 12.2. The topological polar surface area (TPSA) is 72.7 Å². The molecule has 6 nitrogen and oxygen atoms in total. The number of fused-ring (bicyclic) bond motifs is 1. The standard InChI is InChI=1S/C12H15N5OS/c1-7-11(19-16-15-7)12(18)14-9-4-3-5-10-8(9)6-13-17(10)2/h6,9H,3-5H2,1-2H3,(H,14,18)/t9-/m1/s1. The van der Waals surface area contributed by atoms with E-state index in [9.17, 15) is 4.79 Å². The summed E-state index contributed by atoms with van der Waals surface area (Å²) < 4.78 is 5.69. The molecule has 1 atom stereocenters. The number of hydrogen-bond acceptors (Lipinski definition) is 5. The lowest BCUT2D eigenvalue weighted by molar-refractivity contribution is 0.0936. The quantitative estimate of drug-likeness (QED) is 0.900. The maximum atomic E-state index is 12.2. The number of nitrogens with zero attached hydrogens (tertiary/aromatic N) is 4. The van der Waals surface area contributed by atoms with Gasteiger partial charge in [0, 0.05) is 18.3 Å². The molecule has 3 rings (SSSR count). The van der Waals surface area contributed by atoms with Crippen molar-refractivity contribution < 1.29 is 4.79 Å². The Kier molecular flexibility index (Phi) is 3.06. The molecule has 1 aliphatic carbocycles. The van der Waals surface area contributed by atoms with Gasteiger partial charge in [-0.3, -0.25) is 9.48 Å². The van der Waals surface area contributed by atoms with Gasteiger partial charge in [0.2, 0.25) is 0 Å². The van der Waals surface area contributed by atoms with Crippen LogP contribution in [0.1, 0.15) is 45.5 Å². The Labute approximate surface area is 115 Å². The van der Waals surface area contributed by atoms with Crippen LogP contribution in [0.5, 0.6) is 0 Å². The third kappa shape index (κ3) is 2.14. The van der Waals surface area contributed by atoms with E-state index in [0.717, 1.165) is 36.4 Å². The molecule has 19 heavy (non-hydrogen) atoms. The molecule has 0 unspecified atom stereocenters. The number of aryl methyl sites for hydroxylation is 2. The zero-order valence-corrected chi connectivity index (χ0v) is 11.7. The molecule has 2 heterocycles. The summed E-state index contributed by atoms with van der Waals surface area (Å²) in [6.45, 7) is 1.80. The van der Waals surface area contributed by atoms with Crippen LogP contribution < -0.4 is 5.32 Å². The van der Waals surface area contributed by atoms with Gasteiger partial charge in [0.05, 0.1) is 17.9 Å². The van der Waals surface area contributed by atoms with Crippen molar-refractivity contribution in [1.29, 1.82) is 0 Å². The number of carbonyl (C=O) groups excluding carboxylic acids is 1. The lowest BCUT2D eigenvalue weighted by atomic mass is 9.93. The lowest BCUT2D eigenvalue weighted by Crippen LogP contribution is -2.30. The number of amides is 1. The third-order valence-electron chi connectivity index (χ3n) is 3.54. The van der Waals surface area contributed by atoms with Crippen molar-refractivity contribution in [3.05, 3.63) is 28.0 Å². The number of carbonyl (C=O) groups is 1. The number of aromatic nitrogens is 4. The highest BCUT2D eigenvalue weighted by Crippen LogP contribution is 2.29. The molecule has 0 aromatic carbocycles. The van der Waals surface area contributed by atoms with E-state index in [4.69, 9.17) is 0 Å². The summed E-state index contributed by atoms with van der Waals surface area (Å²) in [5.74, 6) is -0.0887. The molecule has 2 aromatic rings. The van der Waals surface area contributed by atoms with E-state index in [0.29, 0.717) is 10.6 Å². The molecule has 0 saturated carbocycles. The minimum Gasteiger partial charge on any atom is -0.344 e. The van der Waals surface area contributed by atoms with Crippen molar-refractivity contribution in [2.75, 3.05) is 0 Å². The predicted molar refractivity (Wildman–Crippen MR) is 71.0 cm³/mol. The first kappa shape index (κ1) is 12.3. The van der Waals surface area contributed by atoms with E-state index in [1.54, 1.807) is 6.92 Å². The second-order valence-corrected chi connectivity index (χ2v) is 5.53. The van der Waals surface area contributed by atoms with Crippen molar-refractivity contribution in [3.8, 4) is 0 Å². The molecular weight excluding hydrogens is 262 g/mol.